The smallest absolute Gasteiger partial charge is 0.338 e. The van der Waals surface area contributed by atoms with Gasteiger partial charge in [-0.3, -0.25) is 4.79 Å². The first kappa shape index (κ1) is 21.0. The number of benzene rings is 2. The maximum atomic E-state index is 12.7. The van der Waals surface area contributed by atoms with Gasteiger partial charge in [-0.2, -0.15) is 0 Å². The number of anilines is 1. The minimum absolute atomic E-state index is 0.0782. The van der Waals surface area contributed by atoms with Gasteiger partial charge in [0, 0.05) is 11.7 Å². The number of carbonyl (C=O) groups excluding carboxylic acids is 3. The Bertz CT molecular complexity index is 813. The molecular weight excluding hydrogens is 362 g/mol. The van der Waals surface area contributed by atoms with Crippen LogP contribution in [-0.4, -0.2) is 44.7 Å². The molecule has 0 aliphatic heterocycles. The third-order valence-electron chi connectivity index (χ3n) is 3.93. The van der Waals surface area contributed by atoms with Crippen molar-refractivity contribution in [3.63, 3.8) is 0 Å². The van der Waals surface area contributed by atoms with E-state index >= 15 is 0 Å². The summed E-state index contributed by atoms with van der Waals surface area (Å²) in [6, 6.07) is 13.3. The fourth-order valence-corrected chi connectivity index (χ4v) is 2.69. The lowest BCUT2D eigenvalue weighted by molar-refractivity contribution is -0.120. The fraction of sp³-hybridized carbons (Fsp3) is 0.286. The van der Waals surface area contributed by atoms with Gasteiger partial charge in [0.1, 0.15) is 5.75 Å². The summed E-state index contributed by atoms with van der Waals surface area (Å²) in [6.45, 7) is 3.54. The van der Waals surface area contributed by atoms with Gasteiger partial charge in [0.25, 0.3) is 5.91 Å². The van der Waals surface area contributed by atoms with E-state index in [-0.39, 0.29) is 35.4 Å². The number of ether oxygens (including phenoxy) is 3. The topological polar surface area (TPSA) is 82.1 Å². The van der Waals surface area contributed by atoms with Crippen molar-refractivity contribution in [1.29, 1.82) is 0 Å². The number of hydrogen-bond acceptors (Lipinski definition) is 6. The number of methoxy groups -OCH3 is 2. The molecule has 0 N–H and O–H groups in total. The molecule has 0 heterocycles. The summed E-state index contributed by atoms with van der Waals surface area (Å²) in [7, 11) is 2.47. The largest absolute Gasteiger partial charge is 0.484 e. The molecule has 7 heteroatoms. The lowest BCUT2D eigenvalue weighted by Crippen LogP contribution is -2.40. The molecule has 0 atom stereocenters. The molecule has 0 saturated carbocycles. The van der Waals surface area contributed by atoms with Crippen molar-refractivity contribution in [1.82, 2.24) is 0 Å². The Morgan fingerprint density at radius 1 is 0.893 bits per heavy atom. The van der Waals surface area contributed by atoms with Crippen LogP contribution in [0.4, 0.5) is 5.69 Å². The third kappa shape index (κ3) is 5.09. The Labute approximate surface area is 163 Å². The zero-order valence-corrected chi connectivity index (χ0v) is 16.3. The first-order chi connectivity index (χ1) is 13.4. The van der Waals surface area contributed by atoms with Crippen LogP contribution in [0, 0.1) is 0 Å². The van der Waals surface area contributed by atoms with Gasteiger partial charge in [-0.1, -0.05) is 18.2 Å². The fourth-order valence-electron chi connectivity index (χ4n) is 2.69. The Balaban J connectivity index is 2.23. The average molecular weight is 385 g/mol. The molecule has 0 bridgehead atoms. The summed E-state index contributed by atoms with van der Waals surface area (Å²) >= 11 is 0. The Hall–Kier alpha value is -3.35. The summed E-state index contributed by atoms with van der Waals surface area (Å²) in [6.07, 6.45) is 0. The SMILES string of the molecule is COC(=O)c1cc(OCC(=O)N(c2ccccc2)C(C)C)cc(C(=O)OC)c1. The van der Waals surface area contributed by atoms with Crippen LogP contribution in [0.25, 0.3) is 0 Å². The van der Waals surface area contributed by atoms with E-state index in [2.05, 4.69) is 0 Å². The van der Waals surface area contributed by atoms with Crippen molar-refractivity contribution in [3.05, 3.63) is 59.7 Å². The Kier molecular flexibility index (Phi) is 7.14. The van der Waals surface area contributed by atoms with Crippen molar-refractivity contribution in [2.75, 3.05) is 25.7 Å². The van der Waals surface area contributed by atoms with Crippen molar-refractivity contribution in [2.45, 2.75) is 19.9 Å². The van der Waals surface area contributed by atoms with Gasteiger partial charge in [0.05, 0.1) is 25.3 Å². The lowest BCUT2D eigenvalue weighted by atomic mass is 10.1. The number of para-hydroxylation sites is 1. The standard InChI is InChI=1S/C21H23NO6/c1-14(2)22(17-8-6-5-7-9-17)19(23)13-28-18-11-15(20(24)26-3)10-16(12-18)21(25)27-4/h5-12,14H,13H2,1-4H3. The van der Waals surface area contributed by atoms with Gasteiger partial charge in [-0.05, 0) is 44.2 Å². The molecule has 0 aromatic heterocycles. The van der Waals surface area contributed by atoms with Gasteiger partial charge in [0.2, 0.25) is 0 Å². The highest BCUT2D eigenvalue weighted by Gasteiger charge is 2.20. The van der Waals surface area contributed by atoms with Gasteiger partial charge in [-0.25, -0.2) is 9.59 Å². The average Bonchev–Trinajstić information content (AvgIpc) is 2.71. The molecule has 2 aromatic rings. The maximum Gasteiger partial charge on any atom is 0.338 e. The highest BCUT2D eigenvalue weighted by molar-refractivity contribution is 5.97. The summed E-state index contributed by atoms with van der Waals surface area (Å²) in [4.78, 5) is 38.0. The van der Waals surface area contributed by atoms with E-state index in [9.17, 15) is 14.4 Å². The van der Waals surface area contributed by atoms with Crippen LogP contribution in [0.2, 0.25) is 0 Å². The molecule has 0 unspecified atom stereocenters. The van der Waals surface area contributed by atoms with Gasteiger partial charge in [-0.15, -0.1) is 0 Å². The van der Waals surface area contributed by atoms with Crippen molar-refractivity contribution < 1.29 is 28.6 Å². The lowest BCUT2D eigenvalue weighted by Gasteiger charge is -2.27. The molecular formula is C21H23NO6. The number of nitrogens with zero attached hydrogens (tertiary/aromatic N) is 1. The molecule has 28 heavy (non-hydrogen) atoms. The molecule has 0 aliphatic carbocycles. The van der Waals surface area contributed by atoms with Crippen LogP contribution in [0.5, 0.6) is 5.75 Å². The number of rotatable bonds is 7. The first-order valence-corrected chi connectivity index (χ1v) is 8.69. The van der Waals surface area contributed by atoms with Crippen molar-refractivity contribution >= 4 is 23.5 Å². The van der Waals surface area contributed by atoms with Crippen molar-refractivity contribution in [3.8, 4) is 5.75 Å². The second-order valence-electron chi connectivity index (χ2n) is 6.21. The first-order valence-electron chi connectivity index (χ1n) is 8.69. The van der Waals surface area contributed by atoms with Crippen LogP contribution in [0.1, 0.15) is 34.6 Å². The highest BCUT2D eigenvalue weighted by Crippen LogP contribution is 2.21. The zero-order chi connectivity index (χ0) is 20.7. The number of carbonyl (C=O) groups is 3. The zero-order valence-electron chi connectivity index (χ0n) is 16.3. The Morgan fingerprint density at radius 3 is 1.89 bits per heavy atom. The summed E-state index contributed by atoms with van der Waals surface area (Å²) in [5.74, 6) is -1.33. The monoisotopic (exact) mass is 385 g/mol. The quantitative estimate of drug-likeness (QED) is 0.681. The molecule has 148 valence electrons. The number of amides is 1. The van der Waals surface area contributed by atoms with E-state index in [1.165, 1.54) is 32.4 Å². The highest BCUT2D eigenvalue weighted by atomic mass is 16.5. The normalized spacial score (nSPS) is 10.3. The van der Waals surface area contributed by atoms with E-state index in [0.717, 1.165) is 5.69 Å². The second kappa shape index (κ2) is 9.55. The maximum absolute atomic E-state index is 12.7. The van der Waals surface area contributed by atoms with Crippen LogP contribution in [0.3, 0.4) is 0 Å². The molecule has 0 radical (unpaired) electrons. The van der Waals surface area contributed by atoms with Crippen molar-refractivity contribution in [2.24, 2.45) is 0 Å². The van der Waals surface area contributed by atoms with E-state index in [1.807, 2.05) is 44.2 Å². The molecule has 2 rings (SSSR count). The van der Waals surface area contributed by atoms with Gasteiger partial charge >= 0.3 is 11.9 Å². The summed E-state index contributed by atoms with van der Waals surface area (Å²) in [5.41, 5.74) is 0.998. The van der Waals surface area contributed by atoms with Crippen LogP contribution in [-0.2, 0) is 14.3 Å². The number of hydrogen-bond donors (Lipinski definition) is 0. The molecule has 1 amide bonds. The molecule has 0 spiro atoms. The molecule has 0 fully saturated rings. The molecule has 7 nitrogen and oxygen atoms in total. The third-order valence-corrected chi connectivity index (χ3v) is 3.93. The number of esters is 2. The van der Waals surface area contributed by atoms with E-state index in [1.54, 1.807) is 4.90 Å². The molecule has 0 saturated heterocycles. The summed E-state index contributed by atoms with van der Waals surface area (Å²) in [5, 5.41) is 0. The summed E-state index contributed by atoms with van der Waals surface area (Å²) < 4.78 is 15.0. The van der Waals surface area contributed by atoms with E-state index in [4.69, 9.17) is 14.2 Å². The van der Waals surface area contributed by atoms with Crippen LogP contribution < -0.4 is 9.64 Å². The van der Waals surface area contributed by atoms with Crippen LogP contribution in [0.15, 0.2) is 48.5 Å². The van der Waals surface area contributed by atoms with E-state index in [0.29, 0.717) is 0 Å². The molecule has 2 aromatic carbocycles. The minimum Gasteiger partial charge on any atom is -0.484 e. The van der Waals surface area contributed by atoms with Gasteiger partial charge < -0.3 is 19.1 Å². The molecule has 0 aliphatic rings. The Morgan fingerprint density at radius 2 is 1.43 bits per heavy atom. The second-order valence-corrected chi connectivity index (χ2v) is 6.21. The van der Waals surface area contributed by atoms with Crippen LogP contribution >= 0.6 is 0 Å². The van der Waals surface area contributed by atoms with E-state index < -0.39 is 11.9 Å². The minimum atomic E-state index is -0.630. The van der Waals surface area contributed by atoms with Gasteiger partial charge in [0.15, 0.2) is 6.61 Å². The predicted molar refractivity (Wildman–Crippen MR) is 104 cm³/mol. The predicted octanol–water partition coefficient (Wildman–Crippen LogP) is 3.08.